The van der Waals surface area contributed by atoms with Crippen LogP contribution in [-0.4, -0.2) is 30.6 Å². The molecule has 0 aliphatic heterocycles. The van der Waals surface area contributed by atoms with Crippen LogP contribution in [0.15, 0.2) is 18.2 Å². The molecule has 0 saturated heterocycles. The standard InChI is InChI=1S/C13H17NO4/c1-9-5-3-6-10(13(16)17)12(9)18-8-4-7-11(15)14-2/h3,5-6H,4,7-8H2,1-2H3,(H,14,15)(H,16,17). The maximum absolute atomic E-state index is 11.0. The first-order valence-electron chi connectivity index (χ1n) is 5.72. The summed E-state index contributed by atoms with van der Waals surface area (Å²) < 4.78 is 5.46. The molecule has 0 aliphatic carbocycles. The highest BCUT2D eigenvalue weighted by molar-refractivity contribution is 5.91. The predicted molar refractivity (Wildman–Crippen MR) is 66.9 cm³/mol. The summed E-state index contributed by atoms with van der Waals surface area (Å²) in [5, 5.41) is 11.5. The van der Waals surface area contributed by atoms with Crippen LogP contribution in [0.3, 0.4) is 0 Å². The number of carboxylic acid groups (broad SMARTS) is 1. The van der Waals surface area contributed by atoms with Gasteiger partial charge >= 0.3 is 5.97 Å². The Kier molecular flexibility index (Phi) is 5.17. The molecule has 0 fully saturated rings. The van der Waals surface area contributed by atoms with Gasteiger partial charge in [-0.3, -0.25) is 4.79 Å². The van der Waals surface area contributed by atoms with Crippen LogP contribution in [0.25, 0.3) is 0 Å². The fourth-order valence-corrected chi connectivity index (χ4v) is 1.54. The second-order valence-electron chi connectivity index (χ2n) is 3.88. The predicted octanol–water partition coefficient (Wildman–Crippen LogP) is 1.60. The molecule has 0 bridgehead atoms. The van der Waals surface area contributed by atoms with E-state index in [-0.39, 0.29) is 11.5 Å². The van der Waals surface area contributed by atoms with Gasteiger partial charge in [-0.25, -0.2) is 4.79 Å². The number of hydrogen-bond acceptors (Lipinski definition) is 3. The van der Waals surface area contributed by atoms with Crippen LogP contribution in [0.1, 0.15) is 28.8 Å². The Morgan fingerprint density at radius 3 is 2.72 bits per heavy atom. The summed E-state index contributed by atoms with van der Waals surface area (Å²) in [6.07, 6.45) is 0.915. The molecule has 0 spiro atoms. The van der Waals surface area contributed by atoms with Gasteiger partial charge in [0, 0.05) is 13.5 Å². The summed E-state index contributed by atoms with van der Waals surface area (Å²) in [6, 6.07) is 4.97. The van der Waals surface area contributed by atoms with Crippen molar-refractivity contribution in [3.8, 4) is 5.75 Å². The fourth-order valence-electron chi connectivity index (χ4n) is 1.54. The summed E-state index contributed by atoms with van der Waals surface area (Å²) in [7, 11) is 1.58. The molecule has 5 nitrogen and oxygen atoms in total. The van der Waals surface area contributed by atoms with Crippen LogP contribution in [0.4, 0.5) is 0 Å². The SMILES string of the molecule is CNC(=O)CCCOc1c(C)cccc1C(=O)O. The minimum absolute atomic E-state index is 0.0539. The van der Waals surface area contributed by atoms with E-state index < -0.39 is 5.97 Å². The van der Waals surface area contributed by atoms with Crippen molar-refractivity contribution in [1.82, 2.24) is 5.32 Å². The molecule has 0 atom stereocenters. The van der Waals surface area contributed by atoms with Gasteiger partial charge in [0.15, 0.2) is 0 Å². The van der Waals surface area contributed by atoms with Gasteiger partial charge < -0.3 is 15.2 Å². The number of carbonyl (C=O) groups excluding carboxylic acids is 1. The van der Waals surface area contributed by atoms with Crippen LogP contribution in [0.2, 0.25) is 0 Å². The van der Waals surface area contributed by atoms with Gasteiger partial charge in [-0.1, -0.05) is 12.1 Å². The Balaban J connectivity index is 2.61. The highest BCUT2D eigenvalue weighted by Crippen LogP contribution is 2.23. The van der Waals surface area contributed by atoms with Gasteiger partial charge in [0.2, 0.25) is 5.91 Å². The van der Waals surface area contributed by atoms with Crippen LogP contribution in [0.5, 0.6) is 5.75 Å². The van der Waals surface area contributed by atoms with Gasteiger partial charge in [-0.05, 0) is 25.0 Å². The van der Waals surface area contributed by atoms with Crippen molar-refractivity contribution < 1.29 is 19.4 Å². The third kappa shape index (κ3) is 3.76. The number of amides is 1. The zero-order valence-corrected chi connectivity index (χ0v) is 10.5. The molecule has 0 heterocycles. The molecule has 2 N–H and O–H groups in total. The van der Waals surface area contributed by atoms with Crippen molar-refractivity contribution in [1.29, 1.82) is 0 Å². The first-order valence-corrected chi connectivity index (χ1v) is 5.72. The van der Waals surface area contributed by atoms with E-state index in [0.29, 0.717) is 25.2 Å². The molecule has 1 aromatic carbocycles. The number of hydrogen-bond donors (Lipinski definition) is 2. The summed E-state index contributed by atoms with van der Waals surface area (Å²) in [6.45, 7) is 2.11. The van der Waals surface area contributed by atoms with Gasteiger partial charge in [-0.2, -0.15) is 0 Å². The number of para-hydroxylation sites is 1. The lowest BCUT2D eigenvalue weighted by Crippen LogP contribution is -2.18. The van der Waals surface area contributed by atoms with Crippen LogP contribution in [0, 0.1) is 6.92 Å². The normalized spacial score (nSPS) is 9.89. The number of aromatic carboxylic acids is 1. The molecule has 0 unspecified atom stereocenters. The summed E-state index contributed by atoms with van der Waals surface area (Å²) in [5.74, 6) is -0.691. The summed E-state index contributed by atoms with van der Waals surface area (Å²) >= 11 is 0. The molecule has 1 amide bonds. The van der Waals surface area contributed by atoms with Gasteiger partial charge in [-0.15, -0.1) is 0 Å². The smallest absolute Gasteiger partial charge is 0.339 e. The van der Waals surface area contributed by atoms with E-state index in [1.54, 1.807) is 26.1 Å². The van der Waals surface area contributed by atoms with Crippen molar-refractivity contribution in [2.45, 2.75) is 19.8 Å². The molecule has 18 heavy (non-hydrogen) atoms. The maximum atomic E-state index is 11.0. The molecule has 1 rings (SSSR count). The summed E-state index contributed by atoms with van der Waals surface area (Å²) in [5.41, 5.74) is 0.921. The Hall–Kier alpha value is -2.04. The number of carboxylic acids is 1. The monoisotopic (exact) mass is 251 g/mol. The Bertz CT molecular complexity index is 443. The number of benzene rings is 1. The molecule has 5 heteroatoms. The molecule has 0 radical (unpaired) electrons. The van der Waals surface area contributed by atoms with E-state index in [9.17, 15) is 9.59 Å². The van der Waals surface area contributed by atoms with E-state index >= 15 is 0 Å². The Morgan fingerprint density at radius 2 is 2.11 bits per heavy atom. The van der Waals surface area contributed by atoms with Gasteiger partial charge in [0.25, 0.3) is 0 Å². The molecule has 0 aromatic heterocycles. The second kappa shape index (κ2) is 6.64. The minimum Gasteiger partial charge on any atom is -0.492 e. The highest BCUT2D eigenvalue weighted by Gasteiger charge is 2.13. The Labute approximate surface area is 106 Å². The quantitative estimate of drug-likeness (QED) is 0.753. The van der Waals surface area contributed by atoms with E-state index in [0.717, 1.165) is 5.56 Å². The molecule has 0 saturated carbocycles. The number of nitrogens with one attached hydrogen (secondary N) is 1. The van der Waals surface area contributed by atoms with Crippen molar-refractivity contribution in [2.75, 3.05) is 13.7 Å². The Morgan fingerprint density at radius 1 is 1.39 bits per heavy atom. The van der Waals surface area contributed by atoms with Crippen molar-refractivity contribution in [3.05, 3.63) is 29.3 Å². The average Bonchev–Trinajstić information content (AvgIpc) is 2.35. The average molecular weight is 251 g/mol. The molecule has 1 aromatic rings. The maximum Gasteiger partial charge on any atom is 0.339 e. The first-order chi connectivity index (χ1) is 8.56. The summed E-state index contributed by atoms with van der Waals surface area (Å²) in [4.78, 5) is 22.0. The van der Waals surface area contributed by atoms with Crippen molar-refractivity contribution >= 4 is 11.9 Å². The lowest BCUT2D eigenvalue weighted by atomic mass is 10.1. The fraction of sp³-hybridized carbons (Fsp3) is 0.385. The molecular weight excluding hydrogens is 234 g/mol. The van der Waals surface area contributed by atoms with Gasteiger partial charge in [0.05, 0.1) is 6.61 Å². The van der Waals surface area contributed by atoms with E-state index in [4.69, 9.17) is 9.84 Å². The van der Waals surface area contributed by atoms with E-state index in [1.165, 1.54) is 6.07 Å². The largest absolute Gasteiger partial charge is 0.492 e. The molecule has 98 valence electrons. The topological polar surface area (TPSA) is 75.6 Å². The first kappa shape index (κ1) is 14.0. The highest BCUT2D eigenvalue weighted by atomic mass is 16.5. The second-order valence-corrected chi connectivity index (χ2v) is 3.88. The van der Waals surface area contributed by atoms with Crippen molar-refractivity contribution in [2.24, 2.45) is 0 Å². The lowest BCUT2D eigenvalue weighted by molar-refractivity contribution is -0.120. The number of rotatable bonds is 6. The number of aryl methyl sites for hydroxylation is 1. The third-order valence-electron chi connectivity index (χ3n) is 2.52. The van der Waals surface area contributed by atoms with Crippen LogP contribution in [-0.2, 0) is 4.79 Å². The third-order valence-corrected chi connectivity index (χ3v) is 2.52. The zero-order valence-electron chi connectivity index (χ0n) is 10.5. The van der Waals surface area contributed by atoms with E-state index in [1.807, 2.05) is 0 Å². The van der Waals surface area contributed by atoms with E-state index in [2.05, 4.69) is 5.32 Å². The van der Waals surface area contributed by atoms with Gasteiger partial charge in [0.1, 0.15) is 11.3 Å². The van der Waals surface area contributed by atoms with Crippen LogP contribution >= 0.6 is 0 Å². The number of ether oxygens (including phenoxy) is 1. The molecule has 0 aliphatic rings. The van der Waals surface area contributed by atoms with Crippen molar-refractivity contribution in [3.63, 3.8) is 0 Å². The minimum atomic E-state index is -1.01. The zero-order chi connectivity index (χ0) is 13.5. The lowest BCUT2D eigenvalue weighted by Gasteiger charge is -2.11. The molecular formula is C13H17NO4. The number of carbonyl (C=O) groups is 2. The van der Waals surface area contributed by atoms with Crippen LogP contribution < -0.4 is 10.1 Å².